The molecule has 1 N–H and O–H groups in total. The summed E-state index contributed by atoms with van der Waals surface area (Å²) >= 11 is 8.57. The summed E-state index contributed by atoms with van der Waals surface area (Å²) in [4.78, 5) is 50.6. The first-order chi connectivity index (χ1) is 18.6. The maximum atomic E-state index is 15.5. The smallest absolute Gasteiger partial charge is 0.269 e. The number of thiophene rings is 1. The van der Waals surface area contributed by atoms with Crippen molar-refractivity contribution in [3.63, 3.8) is 0 Å². The number of aryl methyl sites for hydroxylation is 1. The van der Waals surface area contributed by atoms with Crippen molar-refractivity contribution in [1.82, 2.24) is 34.7 Å². The van der Waals surface area contributed by atoms with Gasteiger partial charge in [0.2, 0.25) is 4.96 Å². The number of ether oxygens (including phenoxy) is 1. The lowest BCUT2D eigenvalue weighted by atomic mass is 10.0. The number of rotatable bonds is 6. The molecule has 0 saturated heterocycles. The molecular formula is C24H23ClFN7O4S2. The number of aromatic nitrogens is 4. The molecule has 1 aliphatic heterocycles. The molecule has 3 amide bonds. The third-order valence-electron chi connectivity index (χ3n) is 6.10. The Labute approximate surface area is 235 Å². The normalized spacial score (nSPS) is 14.8. The van der Waals surface area contributed by atoms with E-state index < -0.39 is 30.3 Å². The van der Waals surface area contributed by atoms with Crippen LogP contribution in [0, 0.1) is 12.7 Å². The number of nitrogens with one attached hydrogen (secondary N) is 1. The van der Waals surface area contributed by atoms with E-state index in [0.717, 1.165) is 16.3 Å². The first kappa shape index (κ1) is 27.0. The highest BCUT2D eigenvalue weighted by atomic mass is 35.5. The monoisotopic (exact) mass is 591 g/mol. The van der Waals surface area contributed by atoms with Crippen LogP contribution < -0.4 is 10.1 Å². The van der Waals surface area contributed by atoms with Gasteiger partial charge < -0.3 is 19.9 Å². The number of halogens is 2. The van der Waals surface area contributed by atoms with Crippen LogP contribution in [-0.4, -0.2) is 81.4 Å². The summed E-state index contributed by atoms with van der Waals surface area (Å²) < 4.78 is 22.8. The number of fused-ring (bicyclic) bond motifs is 3. The average Bonchev–Trinajstić information content (AvgIpc) is 3.57. The minimum absolute atomic E-state index is 0.0760. The molecule has 0 spiro atoms. The topological polar surface area (TPSA) is 122 Å². The molecule has 15 heteroatoms. The summed E-state index contributed by atoms with van der Waals surface area (Å²) in [5.74, 6) is -1.67. The van der Waals surface area contributed by atoms with E-state index in [2.05, 4.69) is 20.4 Å². The molecule has 1 unspecified atom stereocenters. The first-order valence-electron chi connectivity index (χ1n) is 11.8. The van der Waals surface area contributed by atoms with Gasteiger partial charge in [-0.2, -0.15) is 5.10 Å². The molecule has 0 radical (unpaired) electrons. The lowest BCUT2D eigenvalue weighted by Crippen LogP contribution is -2.43. The van der Waals surface area contributed by atoms with Crippen molar-refractivity contribution in [2.75, 3.05) is 34.3 Å². The predicted octanol–water partition coefficient (Wildman–Crippen LogP) is 2.96. The molecule has 0 bridgehead atoms. The zero-order valence-electron chi connectivity index (χ0n) is 21.3. The van der Waals surface area contributed by atoms with Gasteiger partial charge in [-0.25, -0.2) is 18.9 Å². The average molecular weight is 592 g/mol. The van der Waals surface area contributed by atoms with Crippen LogP contribution in [0.25, 0.3) is 4.96 Å². The number of hydrogen-bond acceptors (Lipinski definition) is 9. The SMILES string of the molecule is CNC(=O)c1ccc(OCC(=O)N2CCc3nc4sc(C)nn4c3C2c2sc(C(=O)N(C)C)cc2F)c(Cl)n1. The molecule has 1 atom stereocenters. The minimum Gasteiger partial charge on any atom is -0.481 e. The van der Waals surface area contributed by atoms with Crippen molar-refractivity contribution in [3.8, 4) is 5.75 Å². The molecule has 0 aromatic carbocycles. The van der Waals surface area contributed by atoms with E-state index in [1.807, 2.05) is 6.92 Å². The van der Waals surface area contributed by atoms with E-state index in [4.69, 9.17) is 16.3 Å². The van der Waals surface area contributed by atoms with E-state index in [9.17, 15) is 14.4 Å². The van der Waals surface area contributed by atoms with Gasteiger partial charge in [-0.1, -0.05) is 22.9 Å². The van der Waals surface area contributed by atoms with Gasteiger partial charge in [0, 0.05) is 34.1 Å². The Kier molecular flexibility index (Phi) is 7.27. The predicted molar refractivity (Wildman–Crippen MR) is 143 cm³/mol. The van der Waals surface area contributed by atoms with Crippen LogP contribution in [0.3, 0.4) is 0 Å². The van der Waals surface area contributed by atoms with Crippen molar-refractivity contribution >= 4 is 57.0 Å². The van der Waals surface area contributed by atoms with Crippen LogP contribution in [0.5, 0.6) is 5.75 Å². The molecule has 4 aromatic rings. The van der Waals surface area contributed by atoms with E-state index in [-0.39, 0.29) is 38.8 Å². The molecule has 11 nitrogen and oxygen atoms in total. The molecule has 5 rings (SSSR count). The molecule has 39 heavy (non-hydrogen) atoms. The van der Waals surface area contributed by atoms with Crippen LogP contribution in [0.1, 0.15) is 47.5 Å². The van der Waals surface area contributed by atoms with Crippen molar-refractivity contribution in [3.05, 3.63) is 61.0 Å². The van der Waals surface area contributed by atoms with E-state index in [1.165, 1.54) is 46.4 Å². The number of hydrogen-bond donors (Lipinski definition) is 1. The van der Waals surface area contributed by atoms with Gasteiger partial charge in [0.25, 0.3) is 17.7 Å². The molecule has 4 aromatic heterocycles. The van der Waals surface area contributed by atoms with Gasteiger partial charge in [0.1, 0.15) is 22.6 Å². The highest BCUT2D eigenvalue weighted by Crippen LogP contribution is 2.41. The second-order valence-corrected chi connectivity index (χ2v) is 11.5. The van der Waals surface area contributed by atoms with Gasteiger partial charge in [-0.15, -0.1) is 11.3 Å². The zero-order chi connectivity index (χ0) is 28.0. The Morgan fingerprint density at radius 3 is 2.72 bits per heavy atom. The van der Waals surface area contributed by atoms with Crippen molar-refractivity contribution in [2.24, 2.45) is 0 Å². The van der Waals surface area contributed by atoms with Gasteiger partial charge >= 0.3 is 0 Å². The van der Waals surface area contributed by atoms with Gasteiger partial charge in [-0.3, -0.25) is 14.4 Å². The summed E-state index contributed by atoms with van der Waals surface area (Å²) in [6, 6.07) is 3.20. The van der Waals surface area contributed by atoms with E-state index in [1.54, 1.807) is 18.6 Å². The highest BCUT2D eigenvalue weighted by Gasteiger charge is 2.40. The number of pyridine rings is 1. The Morgan fingerprint density at radius 1 is 1.26 bits per heavy atom. The summed E-state index contributed by atoms with van der Waals surface area (Å²) in [7, 11) is 4.65. The Morgan fingerprint density at radius 2 is 2.03 bits per heavy atom. The van der Waals surface area contributed by atoms with Crippen molar-refractivity contribution in [2.45, 2.75) is 19.4 Å². The van der Waals surface area contributed by atoms with E-state index >= 15 is 4.39 Å². The van der Waals surface area contributed by atoms with Gasteiger partial charge in [0.15, 0.2) is 17.5 Å². The number of nitrogens with zero attached hydrogens (tertiary/aromatic N) is 6. The third kappa shape index (κ3) is 4.94. The molecule has 1 aliphatic rings. The summed E-state index contributed by atoms with van der Waals surface area (Å²) in [6.45, 7) is 1.67. The summed E-state index contributed by atoms with van der Waals surface area (Å²) in [5.41, 5.74) is 1.39. The summed E-state index contributed by atoms with van der Waals surface area (Å²) in [6.07, 6.45) is 0.437. The fraction of sp³-hybridized carbons (Fsp3) is 0.333. The van der Waals surface area contributed by atoms with Crippen LogP contribution in [0.2, 0.25) is 5.15 Å². The fourth-order valence-corrected chi connectivity index (χ4v) is 6.45. The van der Waals surface area contributed by atoms with Crippen LogP contribution in [-0.2, 0) is 11.2 Å². The molecule has 0 saturated carbocycles. The lowest BCUT2D eigenvalue weighted by molar-refractivity contribution is -0.135. The number of imidazole rings is 1. The fourth-order valence-electron chi connectivity index (χ4n) is 4.30. The molecule has 5 heterocycles. The van der Waals surface area contributed by atoms with Crippen molar-refractivity contribution in [1.29, 1.82) is 0 Å². The lowest BCUT2D eigenvalue weighted by Gasteiger charge is -2.34. The first-order valence-corrected chi connectivity index (χ1v) is 13.8. The maximum Gasteiger partial charge on any atom is 0.269 e. The highest BCUT2D eigenvalue weighted by molar-refractivity contribution is 7.16. The number of carbonyl (C=O) groups is 3. The summed E-state index contributed by atoms with van der Waals surface area (Å²) in [5, 5.41) is 7.69. The van der Waals surface area contributed by atoms with E-state index in [0.29, 0.717) is 22.8 Å². The van der Waals surface area contributed by atoms with Gasteiger partial charge in [0.05, 0.1) is 21.1 Å². The molecule has 0 aliphatic carbocycles. The Hall–Kier alpha value is -3.62. The molecule has 0 fully saturated rings. The molecular weight excluding hydrogens is 569 g/mol. The number of carbonyl (C=O) groups excluding carboxylic acids is 3. The second-order valence-electron chi connectivity index (χ2n) is 8.87. The van der Waals surface area contributed by atoms with Crippen molar-refractivity contribution < 1.29 is 23.5 Å². The van der Waals surface area contributed by atoms with Crippen LogP contribution in [0.4, 0.5) is 4.39 Å². The minimum atomic E-state index is -0.876. The maximum absolute atomic E-state index is 15.5. The zero-order valence-corrected chi connectivity index (χ0v) is 23.7. The Bertz CT molecular complexity index is 1620. The quantitative estimate of drug-likeness (QED) is 0.342. The standard InChI is InChI=1S/C24H23ClFN7O4S2/c1-11-30-33-18-13(29-24(33)38-11)7-8-32(19(18)20-12(26)9-16(39-20)23(36)31(3)4)17(34)10-37-15-6-5-14(22(35)27-2)28-21(15)25/h5-6,9,19H,7-8,10H2,1-4H3,(H,27,35). The largest absolute Gasteiger partial charge is 0.481 e. The van der Waals surface area contributed by atoms with Gasteiger partial charge in [-0.05, 0) is 25.1 Å². The van der Waals surface area contributed by atoms with Crippen LogP contribution >= 0.6 is 34.3 Å². The third-order valence-corrected chi connectivity index (χ3v) is 8.34. The Balaban J connectivity index is 1.49. The second kappa shape index (κ2) is 10.5. The molecule has 204 valence electrons. The number of amides is 3. The van der Waals surface area contributed by atoms with Crippen LogP contribution in [0.15, 0.2) is 18.2 Å².